The lowest BCUT2D eigenvalue weighted by Crippen LogP contribution is -2.12. The van der Waals surface area contributed by atoms with Gasteiger partial charge in [0.2, 0.25) is 0 Å². The summed E-state index contributed by atoms with van der Waals surface area (Å²) < 4.78 is 34.7. The average molecular weight is 326 g/mol. The number of hydrogen-bond donors (Lipinski definition) is 0. The van der Waals surface area contributed by atoms with Crippen LogP contribution in [0.25, 0.3) is 0 Å². The quantitative estimate of drug-likeness (QED) is 0.394. The van der Waals surface area contributed by atoms with E-state index < -0.39 is 10.1 Å². The van der Waals surface area contributed by atoms with Gasteiger partial charge in [-0.15, -0.1) is 0 Å². The van der Waals surface area contributed by atoms with E-state index in [-0.39, 0.29) is 23.7 Å². The van der Waals surface area contributed by atoms with Gasteiger partial charge in [0, 0.05) is 0 Å². The first-order valence-corrected chi connectivity index (χ1v) is 9.41. The SMILES string of the molecule is Cc1ccc(S(=O)(=O)OC[C@@H]2O[C@@H]2CCCCC(C)C)cc1. The number of rotatable bonds is 9. The maximum Gasteiger partial charge on any atom is 0.297 e. The molecule has 0 unspecified atom stereocenters. The Bertz CT molecular complexity index is 563. The molecule has 22 heavy (non-hydrogen) atoms. The molecule has 0 spiro atoms. The van der Waals surface area contributed by atoms with Gasteiger partial charge < -0.3 is 4.74 Å². The summed E-state index contributed by atoms with van der Waals surface area (Å²) in [6.45, 7) is 6.48. The zero-order valence-corrected chi connectivity index (χ0v) is 14.4. The van der Waals surface area contributed by atoms with Gasteiger partial charge in [-0.1, -0.05) is 50.8 Å². The molecule has 2 atom stereocenters. The molecule has 1 aromatic carbocycles. The van der Waals surface area contributed by atoms with Gasteiger partial charge in [0.1, 0.15) is 6.10 Å². The molecular weight excluding hydrogens is 300 g/mol. The fourth-order valence-corrected chi connectivity index (χ4v) is 3.33. The number of unbranched alkanes of at least 4 members (excludes halogenated alkanes) is 1. The molecular formula is C17H26O4S. The highest BCUT2D eigenvalue weighted by molar-refractivity contribution is 7.86. The molecule has 1 aliphatic heterocycles. The Kier molecular flexibility index (Phi) is 6.01. The van der Waals surface area contributed by atoms with Gasteiger partial charge in [-0.05, 0) is 31.4 Å². The Hall–Kier alpha value is -0.910. The van der Waals surface area contributed by atoms with Gasteiger partial charge >= 0.3 is 0 Å². The van der Waals surface area contributed by atoms with Gasteiger partial charge in [-0.2, -0.15) is 8.42 Å². The van der Waals surface area contributed by atoms with Crippen LogP contribution in [0.2, 0.25) is 0 Å². The van der Waals surface area contributed by atoms with E-state index in [0.29, 0.717) is 0 Å². The molecule has 1 saturated heterocycles. The highest BCUT2D eigenvalue weighted by atomic mass is 32.2. The zero-order chi connectivity index (χ0) is 16.2. The van der Waals surface area contributed by atoms with E-state index in [0.717, 1.165) is 24.3 Å². The minimum Gasteiger partial charge on any atom is -0.367 e. The number of epoxide rings is 1. The van der Waals surface area contributed by atoms with Crippen molar-refractivity contribution < 1.29 is 17.3 Å². The predicted octanol–water partition coefficient (Wildman–Crippen LogP) is 3.68. The summed E-state index contributed by atoms with van der Waals surface area (Å²) in [7, 11) is -3.67. The number of hydrogen-bond acceptors (Lipinski definition) is 4. The van der Waals surface area contributed by atoms with Gasteiger partial charge in [0.15, 0.2) is 0 Å². The molecule has 0 aliphatic carbocycles. The third-order valence-electron chi connectivity index (χ3n) is 3.90. The maximum absolute atomic E-state index is 12.0. The molecule has 0 aromatic heterocycles. The third kappa shape index (κ3) is 5.38. The number of aryl methyl sites for hydroxylation is 1. The molecule has 0 radical (unpaired) electrons. The number of benzene rings is 1. The summed E-state index contributed by atoms with van der Waals surface area (Å²) in [5.74, 6) is 0.735. The Morgan fingerprint density at radius 3 is 2.45 bits per heavy atom. The topological polar surface area (TPSA) is 55.9 Å². The van der Waals surface area contributed by atoms with Crippen LogP contribution in [0, 0.1) is 12.8 Å². The molecule has 1 aliphatic rings. The molecule has 0 saturated carbocycles. The predicted molar refractivity (Wildman–Crippen MR) is 86.3 cm³/mol. The van der Waals surface area contributed by atoms with Crippen LogP contribution >= 0.6 is 0 Å². The third-order valence-corrected chi connectivity index (χ3v) is 5.20. The van der Waals surface area contributed by atoms with Gasteiger partial charge in [-0.25, -0.2) is 0 Å². The van der Waals surface area contributed by atoms with Crippen LogP contribution in [0.15, 0.2) is 29.2 Å². The normalized spacial score (nSPS) is 21.3. The molecule has 2 rings (SSSR count). The molecule has 1 fully saturated rings. The van der Waals surface area contributed by atoms with E-state index in [1.165, 1.54) is 12.8 Å². The van der Waals surface area contributed by atoms with E-state index >= 15 is 0 Å². The van der Waals surface area contributed by atoms with Crippen molar-refractivity contribution >= 4 is 10.1 Å². The lowest BCUT2D eigenvalue weighted by molar-refractivity contribution is 0.262. The van der Waals surface area contributed by atoms with Gasteiger partial charge in [0.05, 0.1) is 17.6 Å². The summed E-state index contributed by atoms with van der Waals surface area (Å²) >= 11 is 0. The molecule has 0 N–H and O–H groups in total. The zero-order valence-electron chi connectivity index (χ0n) is 13.6. The molecule has 4 nitrogen and oxygen atoms in total. The fourth-order valence-electron chi connectivity index (χ4n) is 2.41. The van der Waals surface area contributed by atoms with Crippen LogP contribution in [-0.4, -0.2) is 27.2 Å². The maximum atomic E-state index is 12.0. The van der Waals surface area contributed by atoms with Crippen molar-refractivity contribution in [2.45, 2.75) is 63.6 Å². The molecule has 5 heteroatoms. The van der Waals surface area contributed by atoms with Crippen molar-refractivity contribution in [2.24, 2.45) is 5.92 Å². The Morgan fingerprint density at radius 2 is 1.82 bits per heavy atom. The first kappa shape index (κ1) is 17.4. The minimum atomic E-state index is -3.67. The Balaban J connectivity index is 1.69. The van der Waals surface area contributed by atoms with E-state index in [1.807, 2.05) is 6.92 Å². The highest BCUT2D eigenvalue weighted by Gasteiger charge is 2.39. The van der Waals surface area contributed by atoms with Crippen molar-refractivity contribution in [1.29, 1.82) is 0 Å². The molecule has 1 aromatic rings. The van der Waals surface area contributed by atoms with E-state index in [4.69, 9.17) is 8.92 Å². The molecule has 0 amide bonds. The van der Waals surface area contributed by atoms with Crippen molar-refractivity contribution in [3.63, 3.8) is 0 Å². The largest absolute Gasteiger partial charge is 0.367 e. The minimum absolute atomic E-state index is 0.0701. The van der Waals surface area contributed by atoms with Gasteiger partial charge in [0.25, 0.3) is 10.1 Å². The highest BCUT2D eigenvalue weighted by Crippen LogP contribution is 2.29. The van der Waals surface area contributed by atoms with E-state index in [9.17, 15) is 8.42 Å². The lowest BCUT2D eigenvalue weighted by atomic mass is 10.0. The second-order valence-corrected chi connectivity index (χ2v) is 8.06. The lowest BCUT2D eigenvalue weighted by Gasteiger charge is -2.05. The summed E-state index contributed by atoms with van der Waals surface area (Å²) in [5.41, 5.74) is 1.02. The number of ether oxygens (including phenoxy) is 1. The van der Waals surface area contributed by atoms with E-state index in [1.54, 1.807) is 24.3 Å². The molecule has 0 bridgehead atoms. The molecule has 1 heterocycles. The second kappa shape index (κ2) is 7.57. The van der Waals surface area contributed by atoms with Crippen LogP contribution in [0.3, 0.4) is 0 Å². The van der Waals surface area contributed by atoms with Crippen molar-refractivity contribution in [2.75, 3.05) is 6.61 Å². The Labute approximate surface area is 134 Å². The fraction of sp³-hybridized carbons (Fsp3) is 0.647. The first-order chi connectivity index (χ1) is 10.4. The van der Waals surface area contributed by atoms with Crippen LogP contribution < -0.4 is 0 Å². The van der Waals surface area contributed by atoms with Crippen LogP contribution in [0.1, 0.15) is 45.1 Å². The van der Waals surface area contributed by atoms with Crippen molar-refractivity contribution in [3.05, 3.63) is 29.8 Å². The smallest absolute Gasteiger partial charge is 0.297 e. The van der Waals surface area contributed by atoms with Crippen molar-refractivity contribution in [1.82, 2.24) is 0 Å². The summed E-state index contributed by atoms with van der Waals surface area (Å²) in [6.07, 6.45) is 4.65. The average Bonchev–Trinajstić information content (AvgIpc) is 3.20. The van der Waals surface area contributed by atoms with E-state index in [2.05, 4.69) is 13.8 Å². The monoisotopic (exact) mass is 326 g/mol. The standard InChI is InChI=1S/C17H26O4S/c1-13(2)6-4-5-7-16-17(21-16)12-20-22(18,19)15-10-8-14(3)9-11-15/h8-11,13,16-17H,4-7,12H2,1-3H3/t16-,17+/m1/s1. The summed E-state index contributed by atoms with van der Waals surface area (Å²) in [6, 6.07) is 6.67. The molecule has 124 valence electrons. The van der Waals surface area contributed by atoms with Gasteiger partial charge in [-0.3, -0.25) is 4.18 Å². The Morgan fingerprint density at radius 1 is 1.14 bits per heavy atom. The second-order valence-electron chi connectivity index (χ2n) is 6.44. The van der Waals surface area contributed by atoms with Crippen molar-refractivity contribution in [3.8, 4) is 0 Å². The van der Waals surface area contributed by atoms with Crippen LogP contribution in [0.5, 0.6) is 0 Å². The first-order valence-electron chi connectivity index (χ1n) is 8.00. The van der Waals surface area contributed by atoms with Crippen LogP contribution in [0.4, 0.5) is 0 Å². The van der Waals surface area contributed by atoms with Crippen LogP contribution in [-0.2, 0) is 19.0 Å². The summed E-state index contributed by atoms with van der Waals surface area (Å²) in [5, 5.41) is 0. The summed E-state index contributed by atoms with van der Waals surface area (Å²) in [4.78, 5) is 0.201.